The number of carbonyl (C=O) groups excluding carboxylic acids is 1. The number of hydrogen-bond acceptors (Lipinski definition) is 3. The molecule has 2 aromatic carbocycles. The molecule has 0 bridgehead atoms. The molecule has 1 aliphatic heterocycles. The number of nitrogens with one attached hydrogen (secondary N) is 2. The van der Waals surface area contributed by atoms with Crippen LogP contribution >= 0.6 is 12.4 Å². The van der Waals surface area contributed by atoms with E-state index in [-0.39, 0.29) is 30.9 Å². The fourth-order valence-corrected chi connectivity index (χ4v) is 2.76. The van der Waals surface area contributed by atoms with Crippen LogP contribution < -0.4 is 10.6 Å². The fourth-order valence-electron chi connectivity index (χ4n) is 2.76. The molecule has 3 N–H and O–H groups in total. The number of aliphatic hydroxyl groups excluding tert-OH is 1. The van der Waals surface area contributed by atoms with Crippen LogP contribution in [0.5, 0.6) is 0 Å². The third-order valence-corrected chi connectivity index (χ3v) is 4.00. The molecule has 1 saturated heterocycles. The molecule has 1 fully saturated rings. The van der Waals surface area contributed by atoms with Crippen LogP contribution in [-0.2, 0) is 4.79 Å². The second-order valence-corrected chi connectivity index (χ2v) is 5.52. The van der Waals surface area contributed by atoms with Crippen molar-refractivity contribution >= 4 is 29.1 Å². The molecule has 4 nitrogen and oxygen atoms in total. The Kier molecular flexibility index (Phi) is 5.77. The molecule has 0 aromatic heterocycles. The largest absolute Gasteiger partial charge is 0.387 e. The lowest BCUT2D eigenvalue weighted by molar-refractivity contribution is -0.123. The van der Waals surface area contributed by atoms with Crippen molar-refractivity contribution in [1.29, 1.82) is 0 Å². The number of rotatable bonds is 4. The summed E-state index contributed by atoms with van der Waals surface area (Å²) in [6, 6.07) is 13.8. The Bertz CT molecular complexity index is 641. The number of amides is 1. The van der Waals surface area contributed by atoms with Gasteiger partial charge in [-0.1, -0.05) is 36.4 Å². The van der Waals surface area contributed by atoms with E-state index < -0.39 is 6.10 Å². The van der Waals surface area contributed by atoms with Gasteiger partial charge in [0.25, 0.3) is 0 Å². The average Bonchev–Trinajstić information content (AvgIpc) is 3.06. The molecule has 5 heteroatoms. The minimum atomic E-state index is -0.681. The summed E-state index contributed by atoms with van der Waals surface area (Å²) in [7, 11) is 0. The number of benzene rings is 2. The Morgan fingerprint density at radius 2 is 2.05 bits per heavy atom. The zero-order valence-electron chi connectivity index (χ0n) is 12.3. The average molecular weight is 321 g/mol. The second kappa shape index (κ2) is 7.58. The van der Waals surface area contributed by atoms with Crippen LogP contribution in [0, 0.1) is 0 Å². The SMILES string of the molecule is Cl.O=C(NCC(O)c1ccc2ccccc2c1)[C@@H]1CCCN1. The van der Waals surface area contributed by atoms with Crippen LogP contribution in [0.3, 0.4) is 0 Å². The lowest BCUT2D eigenvalue weighted by atomic mass is 10.0. The summed E-state index contributed by atoms with van der Waals surface area (Å²) in [4.78, 5) is 11.9. The van der Waals surface area contributed by atoms with E-state index in [2.05, 4.69) is 10.6 Å². The lowest BCUT2D eigenvalue weighted by Crippen LogP contribution is -2.41. The first-order valence-corrected chi connectivity index (χ1v) is 7.42. The summed E-state index contributed by atoms with van der Waals surface area (Å²) in [6.45, 7) is 1.14. The number of carbonyl (C=O) groups is 1. The third kappa shape index (κ3) is 3.77. The summed E-state index contributed by atoms with van der Waals surface area (Å²) in [5.41, 5.74) is 0.827. The predicted octanol–water partition coefficient (Wildman–Crippen LogP) is 2.16. The molecule has 0 radical (unpaired) electrons. The Morgan fingerprint density at radius 1 is 1.27 bits per heavy atom. The second-order valence-electron chi connectivity index (χ2n) is 5.52. The van der Waals surface area contributed by atoms with Crippen molar-refractivity contribution in [1.82, 2.24) is 10.6 Å². The van der Waals surface area contributed by atoms with Crippen molar-refractivity contribution in [3.8, 4) is 0 Å². The highest BCUT2D eigenvalue weighted by Gasteiger charge is 2.22. The van der Waals surface area contributed by atoms with Gasteiger partial charge in [0.1, 0.15) is 0 Å². The number of aliphatic hydroxyl groups is 1. The van der Waals surface area contributed by atoms with E-state index in [0.717, 1.165) is 35.7 Å². The molecule has 1 aliphatic rings. The fraction of sp³-hybridized carbons (Fsp3) is 0.353. The third-order valence-electron chi connectivity index (χ3n) is 4.00. The minimum absolute atomic E-state index is 0. The van der Waals surface area contributed by atoms with E-state index in [9.17, 15) is 9.90 Å². The number of hydrogen-bond donors (Lipinski definition) is 3. The van der Waals surface area contributed by atoms with E-state index in [1.54, 1.807) is 0 Å². The molecule has 0 saturated carbocycles. The van der Waals surface area contributed by atoms with Gasteiger partial charge in [0.05, 0.1) is 12.1 Å². The molecule has 22 heavy (non-hydrogen) atoms. The molecule has 1 amide bonds. The first-order valence-electron chi connectivity index (χ1n) is 7.42. The van der Waals surface area contributed by atoms with E-state index >= 15 is 0 Å². The van der Waals surface area contributed by atoms with E-state index in [4.69, 9.17) is 0 Å². The van der Waals surface area contributed by atoms with Gasteiger partial charge < -0.3 is 15.7 Å². The highest BCUT2D eigenvalue weighted by atomic mass is 35.5. The van der Waals surface area contributed by atoms with E-state index in [1.165, 1.54) is 0 Å². The van der Waals surface area contributed by atoms with Gasteiger partial charge in [-0.3, -0.25) is 4.79 Å². The Morgan fingerprint density at radius 3 is 2.77 bits per heavy atom. The summed E-state index contributed by atoms with van der Waals surface area (Å²) >= 11 is 0. The minimum Gasteiger partial charge on any atom is -0.387 e. The van der Waals surface area contributed by atoms with Gasteiger partial charge in [-0.25, -0.2) is 0 Å². The Hall–Kier alpha value is -1.62. The van der Waals surface area contributed by atoms with Crippen LogP contribution in [0.4, 0.5) is 0 Å². The van der Waals surface area contributed by atoms with E-state index in [1.807, 2.05) is 42.5 Å². The Balaban J connectivity index is 0.00000176. The van der Waals surface area contributed by atoms with Gasteiger partial charge in [0.2, 0.25) is 5.91 Å². The maximum absolute atomic E-state index is 11.9. The van der Waals surface area contributed by atoms with Crippen LogP contribution in [0.15, 0.2) is 42.5 Å². The maximum atomic E-state index is 11.9. The van der Waals surface area contributed by atoms with E-state index in [0.29, 0.717) is 0 Å². The smallest absolute Gasteiger partial charge is 0.237 e. The highest BCUT2D eigenvalue weighted by Crippen LogP contribution is 2.20. The molecular formula is C17H21ClN2O2. The van der Waals surface area contributed by atoms with Crippen LogP contribution in [0.25, 0.3) is 10.8 Å². The number of halogens is 1. The van der Waals surface area contributed by atoms with Crippen molar-refractivity contribution in [3.63, 3.8) is 0 Å². The molecule has 118 valence electrons. The lowest BCUT2D eigenvalue weighted by Gasteiger charge is -2.15. The van der Waals surface area contributed by atoms with Crippen molar-refractivity contribution in [3.05, 3.63) is 48.0 Å². The summed E-state index contributed by atoms with van der Waals surface area (Å²) < 4.78 is 0. The molecule has 2 aromatic rings. The molecular weight excluding hydrogens is 300 g/mol. The summed E-state index contributed by atoms with van der Waals surface area (Å²) in [5, 5.41) is 18.4. The van der Waals surface area contributed by atoms with Crippen LogP contribution in [0.1, 0.15) is 24.5 Å². The molecule has 2 atom stereocenters. The zero-order chi connectivity index (χ0) is 14.7. The van der Waals surface area contributed by atoms with Crippen LogP contribution in [0.2, 0.25) is 0 Å². The topological polar surface area (TPSA) is 61.4 Å². The van der Waals surface area contributed by atoms with Gasteiger partial charge >= 0.3 is 0 Å². The van der Waals surface area contributed by atoms with Gasteiger partial charge in [-0.2, -0.15) is 0 Å². The summed E-state index contributed by atoms with van der Waals surface area (Å²) in [6.07, 6.45) is 1.23. The van der Waals surface area contributed by atoms with Crippen molar-refractivity contribution in [2.75, 3.05) is 13.1 Å². The first kappa shape index (κ1) is 16.7. The monoisotopic (exact) mass is 320 g/mol. The van der Waals surface area contributed by atoms with Crippen LogP contribution in [-0.4, -0.2) is 30.1 Å². The molecule has 0 spiro atoms. The van der Waals surface area contributed by atoms with Gasteiger partial charge in [-0.05, 0) is 41.8 Å². The normalized spacial score (nSPS) is 18.7. The molecule has 1 heterocycles. The predicted molar refractivity (Wildman–Crippen MR) is 90.2 cm³/mol. The Labute approximate surface area is 136 Å². The molecule has 3 rings (SSSR count). The van der Waals surface area contributed by atoms with Crippen molar-refractivity contribution in [2.45, 2.75) is 25.0 Å². The number of fused-ring (bicyclic) bond motifs is 1. The first-order chi connectivity index (χ1) is 10.2. The maximum Gasteiger partial charge on any atom is 0.237 e. The summed E-state index contributed by atoms with van der Waals surface area (Å²) in [5.74, 6) is -0.0210. The quantitative estimate of drug-likeness (QED) is 0.809. The molecule has 0 aliphatic carbocycles. The standard InChI is InChI=1S/C17H20N2O2.ClH/c20-16(11-19-17(21)15-6-3-9-18-15)14-8-7-12-4-1-2-5-13(12)10-14;/h1-2,4-5,7-8,10,15-16,18,20H,3,6,9,11H2,(H,19,21);1H/t15-,16?;/m0./s1. The molecule has 1 unspecified atom stereocenters. The highest BCUT2D eigenvalue weighted by molar-refractivity contribution is 5.85. The van der Waals surface area contributed by atoms with Gasteiger partial charge in [0.15, 0.2) is 0 Å². The van der Waals surface area contributed by atoms with Gasteiger partial charge in [-0.15, -0.1) is 12.4 Å². The van der Waals surface area contributed by atoms with Gasteiger partial charge in [0, 0.05) is 6.54 Å². The van der Waals surface area contributed by atoms with Crippen molar-refractivity contribution in [2.24, 2.45) is 0 Å². The van der Waals surface area contributed by atoms with Crippen molar-refractivity contribution < 1.29 is 9.90 Å². The zero-order valence-corrected chi connectivity index (χ0v) is 13.1.